The molecule has 0 heterocycles. The molecule has 23 heavy (non-hydrogen) atoms. The molecular weight excluding hydrogens is 301 g/mol. The molecule has 0 aromatic heterocycles. The van der Waals surface area contributed by atoms with Crippen LogP contribution in [0, 0.1) is 5.82 Å². The fourth-order valence-corrected chi connectivity index (χ4v) is 1.96. The summed E-state index contributed by atoms with van der Waals surface area (Å²) in [5.41, 5.74) is 1.40. The molecule has 0 fully saturated rings. The molecule has 120 valence electrons. The molecule has 0 saturated carbocycles. The maximum Gasteiger partial charge on any atom is 0.408 e. The third kappa shape index (κ3) is 5.43. The van der Waals surface area contributed by atoms with Gasteiger partial charge >= 0.3 is 12.1 Å². The van der Waals surface area contributed by atoms with Gasteiger partial charge in [-0.1, -0.05) is 42.5 Å². The molecule has 0 aliphatic rings. The summed E-state index contributed by atoms with van der Waals surface area (Å²) < 4.78 is 17.7. The Kier molecular flexibility index (Phi) is 5.68. The second-order valence-electron chi connectivity index (χ2n) is 4.93. The van der Waals surface area contributed by atoms with Gasteiger partial charge < -0.3 is 15.2 Å². The van der Waals surface area contributed by atoms with Crippen molar-refractivity contribution in [1.29, 1.82) is 0 Å². The lowest BCUT2D eigenvalue weighted by molar-refractivity contribution is -0.139. The zero-order valence-corrected chi connectivity index (χ0v) is 12.2. The summed E-state index contributed by atoms with van der Waals surface area (Å²) in [6.45, 7) is -0.0657. The maximum absolute atomic E-state index is 12.8. The Hall–Kier alpha value is -2.89. The second kappa shape index (κ2) is 7.93. The van der Waals surface area contributed by atoms with Crippen molar-refractivity contribution in [3.8, 4) is 0 Å². The van der Waals surface area contributed by atoms with Crippen LogP contribution < -0.4 is 5.32 Å². The summed E-state index contributed by atoms with van der Waals surface area (Å²) in [6.07, 6.45) is -0.681. The van der Waals surface area contributed by atoms with Crippen LogP contribution in [0.3, 0.4) is 0 Å². The van der Waals surface area contributed by atoms with Gasteiger partial charge in [-0.25, -0.2) is 14.0 Å². The number of ether oxygens (including phenoxy) is 1. The van der Waals surface area contributed by atoms with Gasteiger partial charge in [0.15, 0.2) is 0 Å². The minimum absolute atomic E-state index is 0.0657. The number of alkyl carbamates (subject to hydrolysis) is 1. The summed E-state index contributed by atoms with van der Waals surface area (Å²) in [6, 6.07) is 13.4. The molecule has 2 aromatic rings. The molecule has 5 nitrogen and oxygen atoms in total. The van der Waals surface area contributed by atoms with Gasteiger partial charge in [0.2, 0.25) is 0 Å². The van der Waals surface area contributed by atoms with E-state index in [1.807, 2.05) is 6.07 Å². The van der Waals surface area contributed by atoms with E-state index in [0.717, 1.165) is 5.56 Å². The van der Waals surface area contributed by atoms with Gasteiger partial charge in [0.1, 0.15) is 18.5 Å². The molecule has 0 radical (unpaired) electrons. The molecule has 2 aromatic carbocycles. The normalized spacial score (nSPS) is 11.5. The fourth-order valence-electron chi connectivity index (χ4n) is 1.96. The monoisotopic (exact) mass is 317 g/mol. The predicted molar refractivity (Wildman–Crippen MR) is 81.3 cm³/mol. The van der Waals surface area contributed by atoms with Crippen LogP contribution in [0.4, 0.5) is 9.18 Å². The average Bonchev–Trinajstić information content (AvgIpc) is 2.54. The molecule has 0 spiro atoms. The molecule has 0 aliphatic carbocycles. The summed E-state index contributed by atoms with van der Waals surface area (Å²) >= 11 is 0. The number of benzene rings is 2. The number of carboxylic acids is 1. The smallest absolute Gasteiger partial charge is 0.408 e. The zero-order valence-electron chi connectivity index (χ0n) is 12.2. The number of halogens is 1. The standard InChI is InChI=1S/C17H16FNO4/c18-14-8-6-13(7-9-14)11-23-17(22)19-15(16(20)21)10-12-4-2-1-3-5-12/h1-9,15H,10-11H2,(H,19,22)(H,20,21)/t15-/m0/s1. The van der Waals surface area contributed by atoms with Gasteiger partial charge in [-0.2, -0.15) is 0 Å². The highest BCUT2D eigenvalue weighted by Crippen LogP contribution is 2.06. The number of hydrogen-bond donors (Lipinski definition) is 2. The van der Waals surface area contributed by atoms with E-state index in [2.05, 4.69) is 5.32 Å². The molecule has 6 heteroatoms. The number of amides is 1. The largest absolute Gasteiger partial charge is 0.480 e. The Morgan fingerprint density at radius 2 is 1.70 bits per heavy atom. The van der Waals surface area contributed by atoms with Crippen molar-refractivity contribution in [3.05, 3.63) is 71.5 Å². The van der Waals surface area contributed by atoms with E-state index in [1.165, 1.54) is 24.3 Å². The van der Waals surface area contributed by atoms with E-state index in [1.54, 1.807) is 24.3 Å². The summed E-state index contributed by atoms with van der Waals surface area (Å²) in [7, 11) is 0. The number of hydrogen-bond acceptors (Lipinski definition) is 3. The average molecular weight is 317 g/mol. The molecule has 1 atom stereocenters. The van der Waals surface area contributed by atoms with E-state index in [-0.39, 0.29) is 18.8 Å². The number of carbonyl (C=O) groups is 2. The van der Waals surface area contributed by atoms with Crippen molar-refractivity contribution in [2.75, 3.05) is 0 Å². The third-order valence-electron chi connectivity index (χ3n) is 3.16. The van der Waals surface area contributed by atoms with E-state index in [9.17, 15) is 19.1 Å². The first-order chi connectivity index (χ1) is 11.0. The van der Waals surface area contributed by atoms with Crippen molar-refractivity contribution in [2.45, 2.75) is 19.1 Å². The van der Waals surface area contributed by atoms with E-state index in [4.69, 9.17) is 4.74 Å². The lowest BCUT2D eigenvalue weighted by Gasteiger charge is -2.14. The first-order valence-corrected chi connectivity index (χ1v) is 6.99. The van der Waals surface area contributed by atoms with Crippen LogP contribution in [0.5, 0.6) is 0 Å². The highest BCUT2D eigenvalue weighted by molar-refractivity contribution is 5.80. The Bertz CT molecular complexity index is 658. The highest BCUT2D eigenvalue weighted by atomic mass is 19.1. The van der Waals surface area contributed by atoms with Gasteiger partial charge in [0, 0.05) is 6.42 Å². The first-order valence-electron chi connectivity index (χ1n) is 6.99. The highest BCUT2D eigenvalue weighted by Gasteiger charge is 2.21. The number of rotatable bonds is 6. The second-order valence-corrected chi connectivity index (χ2v) is 4.93. The number of aliphatic carboxylic acids is 1. The topological polar surface area (TPSA) is 75.6 Å². The van der Waals surface area contributed by atoms with Crippen LogP contribution in [0.2, 0.25) is 0 Å². The molecule has 2 N–H and O–H groups in total. The van der Waals surface area contributed by atoms with Crippen LogP contribution in [0.1, 0.15) is 11.1 Å². The summed E-state index contributed by atoms with van der Waals surface area (Å²) in [5.74, 6) is -1.53. The molecule has 2 rings (SSSR count). The molecular formula is C17H16FNO4. The van der Waals surface area contributed by atoms with Crippen molar-refractivity contribution in [1.82, 2.24) is 5.32 Å². The summed E-state index contributed by atoms with van der Waals surface area (Å²) in [5, 5.41) is 11.5. The summed E-state index contributed by atoms with van der Waals surface area (Å²) in [4.78, 5) is 23.0. The molecule has 0 aliphatic heterocycles. The molecule has 1 amide bonds. The third-order valence-corrected chi connectivity index (χ3v) is 3.16. The predicted octanol–water partition coefficient (Wildman–Crippen LogP) is 2.75. The zero-order chi connectivity index (χ0) is 16.7. The van der Waals surface area contributed by atoms with Gasteiger partial charge in [0.05, 0.1) is 0 Å². The van der Waals surface area contributed by atoms with Crippen LogP contribution >= 0.6 is 0 Å². The van der Waals surface area contributed by atoms with Crippen molar-refractivity contribution >= 4 is 12.1 Å². The van der Waals surface area contributed by atoms with Crippen LogP contribution in [-0.2, 0) is 22.6 Å². The van der Waals surface area contributed by atoms with E-state index < -0.39 is 18.1 Å². The Labute approximate surface area is 132 Å². The lowest BCUT2D eigenvalue weighted by atomic mass is 10.1. The van der Waals surface area contributed by atoms with Gasteiger partial charge in [-0.05, 0) is 23.3 Å². The molecule has 0 unspecified atom stereocenters. The van der Waals surface area contributed by atoms with Crippen molar-refractivity contribution in [3.63, 3.8) is 0 Å². The first kappa shape index (κ1) is 16.5. The molecule has 0 saturated heterocycles. The number of carbonyl (C=O) groups excluding carboxylic acids is 1. The van der Waals surface area contributed by atoms with Gasteiger partial charge in [-0.15, -0.1) is 0 Å². The lowest BCUT2D eigenvalue weighted by Crippen LogP contribution is -2.42. The number of nitrogens with one attached hydrogen (secondary N) is 1. The number of carboxylic acid groups (broad SMARTS) is 1. The van der Waals surface area contributed by atoms with Crippen LogP contribution in [-0.4, -0.2) is 23.2 Å². The maximum atomic E-state index is 12.8. The molecule has 0 bridgehead atoms. The van der Waals surface area contributed by atoms with E-state index >= 15 is 0 Å². The van der Waals surface area contributed by atoms with Crippen LogP contribution in [0.15, 0.2) is 54.6 Å². The minimum atomic E-state index is -1.15. The minimum Gasteiger partial charge on any atom is -0.480 e. The Morgan fingerprint density at radius 1 is 1.04 bits per heavy atom. The van der Waals surface area contributed by atoms with Crippen LogP contribution in [0.25, 0.3) is 0 Å². The fraction of sp³-hybridized carbons (Fsp3) is 0.176. The van der Waals surface area contributed by atoms with Crippen molar-refractivity contribution in [2.24, 2.45) is 0 Å². The van der Waals surface area contributed by atoms with Gasteiger partial charge in [-0.3, -0.25) is 0 Å². The Balaban J connectivity index is 1.88. The SMILES string of the molecule is O=C(N[C@@H](Cc1ccccc1)C(=O)O)OCc1ccc(F)cc1. The van der Waals surface area contributed by atoms with E-state index in [0.29, 0.717) is 5.56 Å². The Morgan fingerprint density at radius 3 is 2.30 bits per heavy atom. The van der Waals surface area contributed by atoms with Crippen molar-refractivity contribution < 1.29 is 23.8 Å². The quantitative estimate of drug-likeness (QED) is 0.859. The van der Waals surface area contributed by atoms with Gasteiger partial charge in [0.25, 0.3) is 0 Å².